The van der Waals surface area contributed by atoms with Gasteiger partial charge in [-0.05, 0) is 50.4 Å². The van der Waals surface area contributed by atoms with Crippen molar-refractivity contribution in [2.24, 2.45) is 0 Å². The van der Waals surface area contributed by atoms with Crippen LogP contribution < -0.4 is 20.3 Å². The second-order valence-electron chi connectivity index (χ2n) is 8.12. The van der Waals surface area contributed by atoms with Crippen molar-refractivity contribution >= 4 is 5.69 Å². The van der Waals surface area contributed by atoms with Crippen LogP contribution in [0.25, 0.3) is 0 Å². The Morgan fingerprint density at radius 2 is 1.90 bits per heavy atom. The Hall–Kier alpha value is -2.59. The van der Waals surface area contributed by atoms with Crippen LogP contribution in [-0.4, -0.2) is 37.7 Å². The van der Waals surface area contributed by atoms with E-state index < -0.39 is 6.35 Å². The molecular formula is C23H28N4O2. The summed E-state index contributed by atoms with van der Waals surface area (Å²) in [5, 5.41) is 26.9. The number of nitriles is 1. The number of benzene rings is 2. The monoisotopic (exact) mass is 392 g/mol. The van der Waals surface area contributed by atoms with Crippen LogP contribution in [0.4, 0.5) is 5.69 Å². The van der Waals surface area contributed by atoms with Gasteiger partial charge in [-0.3, -0.25) is 5.32 Å². The summed E-state index contributed by atoms with van der Waals surface area (Å²) in [7, 11) is 3.63. The molecule has 3 N–H and O–H groups in total. The highest BCUT2D eigenvalue weighted by Gasteiger charge is 2.49. The van der Waals surface area contributed by atoms with Gasteiger partial charge in [0.1, 0.15) is 5.75 Å². The molecule has 1 aliphatic heterocycles. The summed E-state index contributed by atoms with van der Waals surface area (Å²) in [5.74, 6) is 0.603. The minimum atomic E-state index is -0.782. The van der Waals surface area contributed by atoms with Gasteiger partial charge in [0.15, 0.2) is 6.35 Å². The van der Waals surface area contributed by atoms with Crippen LogP contribution in [0.2, 0.25) is 0 Å². The van der Waals surface area contributed by atoms with E-state index in [1.54, 1.807) is 19.2 Å². The van der Waals surface area contributed by atoms with Gasteiger partial charge in [0.25, 0.3) is 0 Å². The van der Waals surface area contributed by atoms with Crippen LogP contribution in [0.15, 0.2) is 48.5 Å². The first-order valence-corrected chi connectivity index (χ1v) is 10.1. The molecule has 1 heterocycles. The number of hydrogen-bond donors (Lipinski definition) is 3. The largest absolute Gasteiger partial charge is 0.495 e. The smallest absolute Gasteiger partial charge is 0.184 e. The topological polar surface area (TPSA) is 80.6 Å². The standard InChI is InChI=1S/C23H28N4O2/c1-25-23(18-6-4-3-5-7-18)12-10-22(11-13-23)16-27(21(28)26-22)19-9-8-17(15-24)14-20(19)29-2/h3-9,14,21,25-26,28H,10-13,16H2,1-2H3/t21?,22-,23+. The summed E-state index contributed by atoms with van der Waals surface area (Å²) >= 11 is 0. The first kappa shape index (κ1) is 19.7. The summed E-state index contributed by atoms with van der Waals surface area (Å²) in [4.78, 5) is 1.94. The fourth-order valence-electron chi connectivity index (χ4n) is 4.91. The maximum Gasteiger partial charge on any atom is 0.184 e. The Bertz CT molecular complexity index is 901. The second-order valence-corrected chi connectivity index (χ2v) is 8.12. The number of rotatable bonds is 4. The zero-order valence-electron chi connectivity index (χ0n) is 17.0. The van der Waals surface area contributed by atoms with E-state index in [4.69, 9.17) is 10.00 Å². The van der Waals surface area contributed by atoms with Gasteiger partial charge in [-0.15, -0.1) is 0 Å². The summed E-state index contributed by atoms with van der Waals surface area (Å²) in [6.45, 7) is 0.699. The van der Waals surface area contributed by atoms with Gasteiger partial charge in [-0.2, -0.15) is 5.26 Å². The van der Waals surface area contributed by atoms with E-state index in [0.717, 1.165) is 31.4 Å². The van der Waals surface area contributed by atoms with Crippen LogP contribution in [-0.2, 0) is 5.54 Å². The molecule has 0 amide bonds. The molecule has 1 saturated heterocycles. The van der Waals surface area contributed by atoms with Crippen molar-refractivity contribution in [2.75, 3.05) is 25.6 Å². The lowest BCUT2D eigenvalue weighted by molar-refractivity contribution is 0.107. The molecule has 152 valence electrons. The summed E-state index contributed by atoms with van der Waals surface area (Å²) < 4.78 is 5.49. The number of nitrogens with one attached hydrogen (secondary N) is 2. The van der Waals surface area contributed by atoms with Crippen molar-refractivity contribution in [2.45, 2.75) is 43.1 Å². The predicted molar refractivity (Wildman–Crippen MR) is 113 cm³/mol. The van der Waals surface area contributed by atoms with Gasteiger partial charge >= 0.3 is 0 Å². The van der Waals surface area contributed by atoms with E-state index in [2.05, 4.69) is 47.0 Å². The van der Waals surface area contributed by atoms with Crippen LogP contribution in [0.3, 0.4) is 0 Å². The molecule has 29 heavy (non-hydrogen) atoms. The number of nitrogens with zero attached hydrogens (tertiary/aromatic N) is 2. The van der Waals surface area contributed by atoms with Gasteiger partial charge in [-0.1, -0.05) is 30.3 Å². The Morgan fingerprint density at radius 3 is 2.52 bits per heavy atom. The lowest BCUT2D eigenvalue weighted by Crippen LogP contribution is -2.54. The number of aliphatic hydroxyl groups excluding tert-OH is 1. The van der Waals surface area contributed by atoms with Gasteiger partial charge in [0, 0.05) is 23.7 Å². The van der Waals surface area contributed by atoms with E-state index in [1.807, 2.05) is 18.0 Å². The normalized spacial score (nSPS) is 29.0. The van der Waals surface area contributed by atoms with Crippen LogP contribution >= 0.6 is 0 Å². The highest BCUT2D eigenvalue weighted by molar-refractivity contribution is 5.62. The van der Waals surface area contributed by atoms with Crippen LogP contribution in [0.1, 0.15) is 36.8 Å². The molecule has 1 spiro atoms. The number of ether oxygens (including phenoxy) is 1. The molecule has 4 rings (SSSR count). The van der Waals surface area contributed by atoms with E-state index in [0.29, 0.717) is 17.9 Å². The SMILES string of the molecule is CN[C@]1(c2ccccc2)CC[C@]2(CC1)CN(c1ccc(C#N)cc1OC)C(O)N2. The van der Waals surface area contributed by atoms with Crippen molar-refractivity contribution in [3.8, 4) is 11.8 Å². The van der Waals surface area contributed by atoms with E-state index in [1.165, 1.54) is 5.56 Å². The van der Waals surface area contributed by atoms with Gasteiger partial charge in [0.2, 0.25) is 0 Å². The van der Waals surface area contributed by atoms with Crippen LogP contribution in [0.5, 0.6) is 5.75 Å². The molecule has 1 aliphatic carbocycles. The molecular weight excluding hydrogens is 364 g/mol. The van der Waals surface area contributed by atoms with Crippen molar-refractivity contribution in [3.05, 3.63) is 59.7 Å². The van der Waals surface area contributed by atoms with Gasteiger partial charge < -0.3 is 20.1 Å². The fourth-order valence-corrected chi connectivity index (χ4v) is 4.91. The quantitative estimate of drug-likeness (QED) is 0.742. The lowest BCUT2D eigenvalue weighted by Gasteiger charge is -2.45. The summed E-state index contributed by atoms with van der Waals surface area (Å²) in [6.07, 6.45) is 3.11. The highest BCUT2D eigenvalue weighted by atomic mass is 16.5. The predicted octanol–water partition coefficient (Wildman–Crippen LogP) is 2.68. The molecule has 2 aromatic rings. The highest BCUT2D eigenvalue weighted by Crippen LogP contribution is 2.45. The molecule has 0 aromatic heterocycles. The zero-order valence-corrected chi connectivity index (χ0v) is 17.0. The third-order valence-corrected chi connectivity index (χ3v) is 6.69. The van der Waals surface area contributed by atoms with Gasteiger partial charge in [-0.25, -0.2) is 0 Å². The van der Waals surface area contributed by atoms with E-state index in [-0.39, 0.29) is 11.1 Å². The summed E-state index contributed by atoms with van der Waals surface area (Å²) in [5.41, 5.74) is 2.49. The Morgan fingerprint density at radius 1 is 1.17 bits per heavy atom. The molecule has 1 saturated carbocycles. The van der Waals surface area contributed by atoms with Crippen molar-refractivity contribution < 1.29 is 9.84 Å². The Kier molecular flexibility index (Phi) is 5.22. The molecule has 6 heteroatoms. The van der Waals surface area contributed by atoms with Crippen molar-refractivity contribution in [1.82, 2.24) is 10.6 Å². The minimum Gasteiger partial charge on any atom is -0.495 e. The second kappa shape index (κ2) is 7.68. The van der Waals surface area contributed by atoms with Gasteiger partial charge in [0.05, 0.1) is 24.4 Å². The molecule has 2 aliphatic rings. The van der Waals surface area contributed by atoms with E-state index in [9.17, 15) is 5.11 Å². The Labute approximate surface area is 172 Å². The van der Waals surface area contributed by atoms with Crippen molar-refractivity contribution in [1.29, 1.82) is 5.26 Å². The average molecular weight is 393 g/mol. The third kappa shape index (κ3) is 3.46. The molecule has 0 radical (unpaired) electrons. The maximum absolute atomic E-state index is 10.8. The Balaban J connectivity index is 1.55. The summed E-state index contributed by atoms with van der Waals surface area (Å²) in [6, 6.07) is 18.1. The maximum atomic E-state index is 10.8. The number of hydrogen-bond acceptors (Lipinski definition) is 6. The molecule has 1 unspecified atom stereocenters. The number of anilines is 1. The minimum absolute atomic E-state index is 0.0291. The molecule has 6 nitrogen and oxygen atoms in total. The zero-order chi connectivity index (χ0) is 20.5. The first-order chi connectivity index (χ1) is 14.0. The van der Waals surface area contributed by atoms with Crippen LogP contribution in [0, 0.1) is 11.3 Å². The molecule has 2 aromatic carbocycles. The molecule has 2 fully saturated rings. The van der Waals surface area contributed by atoms with E-state index >= 15 is 0 Å². The fraction of sp³-hybridized carbons (Fsp3) is 0.435. The molecule has 1 atom stereocenters. The number of methoxy groups -OCH3 is 1. The lowest BCUT2D eigenvalue weighted by atomic mass is 9.69. The van der Waals surface area contributed by atoms with Crippen molar-refractivity contribution in [3.63, 3.8) is 0 Å². The third-order valence-electron chi connectivity index (χ3n) is 6.69. The average Bonchev–Trinajstić information content (AvgIpc) is 3.10. The molecule has 0 bridgehead atoms. The number of aliphatic hydroxyl groups is 1. The first-order valence-electron chi connectivity index (χ1n) is 10.1.